The van der Waals surface area contributed by atoms with Crippen LogP contribution in [0.4, 0.5) is 0 Å². The number of benzene rings is 2. The van der Waals surface area contributed by atoms with Crippen LogP contribution in [0.5, 0.6) is 5.75 Å². The van der Waals surface area contributed by atoms with Crippen molar-refractivity contribution < 1.29 is 19.1 Å². The Hall–Kier alpha value is -3.09. The van der Waals surface area contributed by atoms with Crippen LogP contribution in [0.3, 0.4) is 0 Å². The first kappa shape index (κ1) is 20.6. The summed E-state index contributed by atoms with van der Waals surface area (Å²) in [7, 11) is 0. The lowest BCUT2D eigenvalue weighted by molar-refractivity contribution is -0.131. The van der Waals surface area contributed by atoms with Crippen LogP contribution in [-0.2, 0) is 11.4 Å². The van der Waals surface area contributed by atoms with Crippen LogP contribution in [0, 0.1) is 18.3 Å². The van der Waals surface area contributed by atoms with Crippen LogP contribution in [-0.4, -0.2) is 21.3 Å². The van der Waals surface area contributed by atoms with Gasteiger partial charge < -0.3 is 14.3 Å². The molecule has 0 radical (unpaired) electrons. The number of hydrogen-bond acceptors (Lipinski definition) is 7. The van der Waals surface area contributed by atoms with E-state index in [2.05, 4.69) is 32.2 Å². The number of thioether (sulfide) groups is 1. The number of aryl methyl sites for hydroxylation is 1. The maximum absolute atomic E-state index is 11.5. The van der Waals surface area contributed by atoms with Crippen molar-refractivity contribution in [2.45, 2.75) is 18.8 Å². The number of carbonyl (C=O) groups is 1. The molecular weight excluding hydrogens is 458 g/mol. The van der Waals surface area contributed by atoms with E-state index in [0.717, 1.165) is 17.3 Å². The third kappa shape index (κ3) is 5.70. The fraction of sp³-hybridized carbons (Fsp3) is 0.100. The van der Waals surface area contributed by atoms with Gasteiger partial charge in [0.15, 0.2) is 0 Å². The van der Waals surface area contributed by atoms with Crippen molar-refractivity contribution in [3.63, 3.8) is 0 Å². The van der Waals surface area contributed by atoms with E-state index in [9.17, 15) is 9.90 Å². The molecule has 9 heteroatoms. The van der Waals surface area contributed by atoms with Crippen LogP contribution in [0.25, 0.3) is 6.08 Å². The first-order valence-corrected chi connectivity index (χ1v) is 9.90. The van der Waals surface area contributed by atoms with E-state index in [4.69, 9.17) is 14.4 Å². The van der Waals surface area contributed by atoms with Gasteiger partial charge in [-0.15, -0.1) is 10.2 Å². The Morgan fingerprint density at radius 2 is 2.07 bits per heavy atom. The van der Waals surface area contributed by atoms with Gasteiger partial charge in [-0.2, -0.15) is 5.26 Å². The molecule has 0 spiro atoms. The van der Waals surface area contributed by atoms with Crippen LogP contribution in [0.2, 0.25) is 0 Å². The van der Waals surface area contributed by atoms with Gasteiger partial charge in [0, 0.05) is 6.92 Å². The van der Waals surface area contributed by atoms with Gasteiger partial charge in [-0.1, -0.05) is 18.2 Å². The van der Waals surface area contributed by atoms with Gasteiger partial charge in [0.2, 0.25) is 5.89 Å². The number of carboxylic acids is 1. The van der Waals surface area contributed by atoms with E-state index in [1.807, 2.05) is 12.1 Å². The molecule has 3 rings (SSSR count). The maximum Gasteiger partial charge on any atom is 0.342 e. The summed E-state index contributed by atoms with van der Waals surface area (Å²) in [6.07, 6.45) is 1.52. The largest absolute Gasteiger partial charge is 0.488 e. The maximum atomic E-state index is 11.5. The summed E-state index contributed by atoms with van der Waals surface area (Å²) in [5, 5.41) is 25.9. The molecule has 0 unspecified atom stereocenters. The second kappa shape index (κ2) is 9.41. The van der Waals surface area contributed by atoms with E-state index in [1.54, 1.807) is 37.3 Å². The zero-order valence-electron chi connectivity index (χ0n) is 15.1. The summed E-state index contributed by atoms with van der Waals surface area (Å²) in [5.41, 5.74) is 2.19. The van der Waals surface area contributed by atoms with Crippen LogP contribution in [0.15, 0.2) is 61.5 Å². The molecule has 1 aromatic heterocycles. The Morgan fingerprint density at radius 1 is 1.31 bits per heavy atom. The minimum atomic E-state index is -1.09. The molecular formula is C20H14BrN3O4S. The van der Waals surface area contributed by atoms with Gasteiger partial charge in [0.25, 0.3) is 5.22 Å². The highest BCUT2D eigenvalue weighted by Crippen LogP contribution is 2.31. The number of nitriles is 1. The number of carboxylic acid groups (broad SMARTS) is 1. The second-order valence-electron chi connectivity index (χ2n) is 5.79. The number of rotatable bonds is 7. The van der Waals surface area contributed by atoms with E-state index in [1.165, 1.54) is 6.08 Å². The van der Waals surface area contributed by atoms with Crippen LogP contribution < -0.4 is 4.74 Å². The Labute approximate surface area is 179 Å². The Balaban J connectivity index is 1.72. The molecule has 0 fully saturated rings. The van der Waals surface area contributed by atoms with Crippen LogP contribution in [0.1, 0.15) is 22.6 Å². The second-order valence-corrected chi connectivity index (χ2v) is 7.64. The van der Waals surface area contributed by atoms with Crippen molar-refractivity contribution in [2.75, 3.05) is 0 Å². The fourth-order valence-electron chi connectivity index (χ4n) is 2.26. The van der Waals surface area contributed by atoms with Crippen molar-refractivity contribution in [1.29, 1.82) is 5.26 Å². The first-order valence-electron chi connectivity index (χ1n) is 8.29. The van der Waals surface area contributed by atoms with E-state index >= 15 is 0 Å². The SMILES string of the molecule is Cc1nnc(S/C(=C\c2ccc(OCc3ccc(C#N)cc3)c(Br)c2)C(=O)O)o1. The zero-order valence-corrected chi connectivity index (χ0v) is 17.5. The highest BCUT2D eigenvalue weighted by Gasteiger charge is 2.14. The standard InChI is InChI=1S/C20H14BrN3O4S/c1-12-23-24-20(28-12)29-18(19(25)26)9-15-6-7-17(16(21)8-15)27-11-14-4-2-13(10-22)3-5-14/h2-9H,11H2,1H3,(H,25,26)/b18-9-. The zero-order chi connectivity index (χ0) is 20.8. The van der Waals surface area contributed by atoms with Gasteiger partial charge in [-0.05, 0) is 69.2 Å². The Bertz CT molecular complexity index is 1100. The smallest absolute Gasteiger partial charge is 0.342 e. The van der Waals surface area contributed by atoms with Crippen molar-refractivity contribution in [1.82, 2.24) is 10.2 Å². The summed E-state index contributed by atoms with van der Waals surface area (Å²) < 4.78 is 11.7. The van der Waals surface area contributed by atoms with Crippen molar-refractivity contribution in [3.8, 4) is 11.8 Å². The number of aliphatic carboxylic acids is 1. The minimum absolute atomic E-state index is 0.0480. The molecule has 1 heterocycles. The molecule has 146 valence electrons. The summed E-state index contributed by atoms with van der Waals surface area (Å²) in [6.45, 7) is 1.97. The number of halogens is 1. The third-order valence-corrected chi connectivity index (χ3v) is 5.12. The van der Waals surface area contributed by atoms with Crippen molar-refractivity contribution in [2.24, 2.45) is 0 Å². The molecule has 0 saturated heterocycles. The van der Waals surface area contributed by atoms with Gasteiger partial charge in [-0.3, -0.25) is 0 Å². The van der Waals surface area contributed by atoms with Gasteiger partial charge in [0.05, 0.1) is 16.1 Å². The molecule has 29 heavy (non-hydrogen) atoms. The number of hydrogen-bond donors (Lipinski definition) is 1. The molecule has 1 N–H and O–H groups in total. The monoisotopic (exact) mass is 471 g/mol. The minimum Gasteiger partial charge on any atom is -0.488 e. The van der Waals surface area contributed by atoms with Crippen LogP contribution >= 0.6 is 27.7 Å². The summed E-state index contributed by atoms with van der Waals surface area (Å²) in [4.78, 5) is 11.6. The predicted octanol–water partition coefficient (Wildman–Crippen LogP) is 4.81. The molecule has 0 bridgehead atoms. The number of nitrogens with zero attached hydrogens (tertiary/aromatic N) is 3. The average molecular weight is 472 g/mol. The predicted molar refractivity (Wildman–Crippen MR) is 110 cm³/mol. The summed E-state index contributed by atoms with van der Waals surface area (Å²) in [6, 6.07) is 14.5. The summed E-state index contributed by atoms with van der Waals surface area (Å²) in [5.74, 6) is -0.115. The Kier molecular flexibility index (Phi) is 6.69. The lowest BCUT2D eigenvalue weighted by atomic mass is 10.1. The topological polar surface area (TPSA) is 109 Å². The highest BCUT2D eigenvalue weighted by atomic mass is 79.9. The first-order chi connectivity index (χ1) is 13.9. The normalized spacial score (nSPS) is 11.1. The van der Waals surface area contributed by atoms with Crippen molar-refractivity contribution >= 4 is 39.7 Å². The number of ether oxygens (including phenoxy) is 1. The van der Waals surface area contributed by atoms with E-state index < -0.39 is 5.97 Å². The van der Waals surface area contributed by atoms with Gasteiger partial charge >= 0.3 is 5.97 Å². The lowest BCUT2D eigenvalue weighted by Crippen LogP contribution is -1.98. The van der Waals surface area contributed by atoms with Gasteiger partial charge in [-0.25, -0.2) is 4.79 Å². The van der Waals surface area contributed by atoms with Gasteiger partial charge in [0.1, 0.15) is 17.3 Å². The molecule has 0 aliphatic carbocycles. The quantitative estimate of drug-likeness (QED) is 0.386. The molecule has 0 aliphatic rings. The molecule has 7 nitrogen and oxygen atoms in total. The molecule has 0 aliphatic heterocycles. The van der Waals surface area contributed by atoms with Crippen molar-refractivity contribution in [3.05, 3.63) is 74.4 Å². The molecule has 0 atom stereocenters. The highest BCUT2D eigenvalue weighted by molar-refractivity contribution is 9.10. The summed E-state index contributed by atoms with van der Waals surface area (Å²) >= 11 is 4.33. The molecule has 0 saturated carbocycles. The third-order valence-electron chi connectivity index (χ3n) is 3.65. The average Bonchev–Trinajstić information content (AvgIpc) is 3.12. The lowest BCUT2D eigenvalue weighted by Gasteiger charge is -2.09. The van der Waals surface area contributed by atoms with E-state index in [0.29, 0.717) is 33.8 Å². The Morgan fingerprint density at radius 3 is 2.66 bits per heavy atom. The molecule has 3 aromatic rings. The number of aromatic nitrogens is 2. The fourth-order valence-corrected chi connectivity index (χ4v) is 3.49. The molecule has 0 amide bonds. The van der Waals surface area contributed by atoms with E-state index in [-0.39, 0.29) is 10.1 Å². The molecule has 2 aromatic carbocycles.